The van der Waals surface area contributed by atoms with Crippen LogP contribution in [0.4, 0.5) is 0 Å². The summed E-state index contributed by atoms with van der Waals surface area (Å²) in [5.74, 6) is 2.88. The minimum Gasteiger partial charge on any atom is -0.339 e. The number of nitrogens with zero attached hydrogens (tertiary/aromatic N) is 3. The van der Waals surface area contributed by atoms with Crippen LogP contribution in [-0.4, -0.2) is 28.1 Å². The Hall–Kier alpha value is -1.68. The molecule has 0 bridgehead atoms. The van der Waals surface area contributed by atoms with E-state index in [9.17, 15) is 0 Å². The van der Waals surface area contributed by atoms with Gasteiger partial charge in [0.2, 0.25) is 5.89 Å². The molecule has 0 saturated carbocycles. The van der Waals surface area contributed by atoms with Gasteiger partial charge in [-0.15, -0.1) is 0 Å². The monoisotopic (exact) mass is 327 g/mol. The maximum atomic E-state index is 5.36. The second-order valence-corrected chi connectivity index (χ2v) is 7.64. The fraction of sp³-hybridized carbons (Fsp3) is 0.600. The third kappa shape index (κ3) is 4.91. The van der Waals surface area contributed by atoms with Crippen LogP contribution in [-0.2, 0) is 19.4 Å². The van der Waals surface area contributed by atoms with Crippen molar-refractivity contribution in [3.63, 3.8) is 0 Å². The highest BCUT2D eigenvalue weighted by Crippen LogP contribution is 2.22. The van der Waals surface area contributed by atoms with Crippen LogP contribution >= 0.6 is 0 Å². The van der Waals surface area contributed by atoms with Crippen molar-refractivity contribution in [2.45, 2.75) is 53.0 Å². The van der Waals surface area contributed by atoms with Gasteiger partial charge in [0, 0.05) is 13.0 Å². The summed E-state index contributed by atoms with van der Waals surface area (Å²) in [6.45, 7) is 9.56. The minimum atomic E-state index is 0.548. The predicted molar refractivity (Wildman–Crippen MR) is 95.7 cm³/mol. The van der Waals surface area contributed by atoms with E-state index in [1.807, 2.05) is 0 Å². The number of hydrogen-bond donors (Lipinski definition) is 0. The summed E-state index contributed by atoms with van der Waals surface area (Å²) in [5, 5.41) is 4.15. The molecule has 4 heteroatoms. The van der Waals surface area contributed by atoms with Crippen molar-refractivity contribution in [3.8, 4) is 0 Å². The second kappa shape index (κ2) is 7.93. The summed E-state index contributed by atoms with van der Waals surface area (Å²) in [6.07, 6.45) is 4.60. The smallest absolute Gasteiger partial charge is 0.226 e. The molecule has 0 unspecified atom stereocenters. The molecule has 2 heterocycles. The van der Waals surface area contributed by atoms with E-state index in [1.54, 1.807) is 0 Å². The van der Waals surface area contributed by atoms with Gasteiger partial charge in [-0.1, -0.05) is 48.8 Å². The van der Waals surface area contributed by atoms with E-state index in [0.717, 1.165) is 43.7 Å². The third-order valence-corrected chi connectivity index (χ3v) is 4.71. The van der Waals surface area contributed by atoms with Crippen LogP contribution in [0.25, 0.3) is 0 Å². The van der Waals surface area contributed by atoms with Gasteiger partial charge in [-0.2, -0.15) is 4.98 Å². The van der Waals surface area contributed by atoms with Crippen LogP contribution in [0.5, 0.6) is 0 Å². The second-order valence-electron chi connectivity index (χ2n) is 7.64. The molecule has 0 amide bonds. The zero-order valence-electron chi connectivity index (χ0n) is 15.2. The third-order valence-electron chi connectivity index (χ3n) is 4.71. The lowest BCUT2D eigenvalue weighted by Gasteiger charge is -2.32. The van der Waals surface area contributed by atoms with Gasteiger partial charge >= 0.3 is 0 Å². The molecular formula is C20H29N3O. The molecule has 1 atom stereocenters. The lowest BCUT2D eigenvalue weighted by atomic mass is 9.91. The van der Waals surface area contributed by atoms with Crippen molar-refractivity contribution in [1.82, 2.24) is 15.0 Å². The first kappa shape index (κ1) is 17.2. The highest BCUT2D eigenvalue weighted by Gasteiger charge is 2.22. The molecular weight excluding hydrogens is 298 g/mol. The summed E-state index contributed by atoms with van der Waals surface area (Å²) < 4.78 is 5.36. The van der Waals surface area contributed by atoms with Crippen LogP contribution < -0.4 is 0 Å². The zero-order chi connectivity index (χ0) is 16.9. The highest BCUT2D eigenvalue weighted by atomic mass is 16.5. The number of aromatic nitrogens is 2. The molecule has 0 radical (unpaired) electrons. The van der Waals surface area contributed by atoms with Crippen LogP contribution in [0, 0.1) is 18.8 Å². The lowest BCUT2D eigenvalue weighted by Crippen LogP contribution is -2.36. The Morgan fingerprint density at radius 3 is 2.79 bits per heavy atom. The fourth-order valence-electron chi connectivity index (χ4n) is 3.51. The Bertz CT molecular complexity index is 633. The molecule has 130 valence electrons. The molecule has 24 heavy (non-hydrogen) atoms. The first-order valence-corrected chi connectivity index (χ1v) is 9.18. The predicted octanol–water partition coefficient (Wildman–Crippen LogP) is 4.03. The summed E-state index contributed by atoms with van der Waals surface area (Å²) in [6, 6.07) is 8.97. The summed E-state index contributed by atoms with van der Waals surface area (Å²) in [5.41, 5.74) is 2.78. The van der Waals surface area contributed by atoms with Gasteiger partial charge < -0.3 is 4.52 Å². The van der Waals surface area contributed by atoms with E-state index in [4.69, 9.17) is 4.52 Å². The Balaban J connectivity index is 1.53. The van der Waals surface area contributed by atoms with Gasteiger partial charge in [-0.25, -0.2) is 0 Å². The summed E-state index contributed by atoms with van der Waals surface area (Å²) in [7, 11) is 0. The maximum absolute atomic E-state index is 5.36. The number of aryl methyl sites for hydroxylation is 1. The molecule has 1 aromatic heterocycles. The van der Waals surface area contributed by atoms with Gasteiger partial charge in [0.1, 0.15) is 0 Å². The van der Waals surface area contributed by atoms with Crippen molar-refractivity contribution < 1.29 is 4.52 Å². The number of likely N-dealkylation sites (tertiary alicyclic amines) is 1. The lowest BCUT2D eigenvalue weighted by molar-refractivity contribution is 0.162. The quantitative estimate of drug-likeness (QED) is 0.803. The Morgan fingerprint density at radius 1 is 1.25 bits per heavy atom. The number of benzene rings is 1. The van der Waals surface area contributed by atoms with Gasteiger partial charge in [-0.3, -0.25) is 4.90 Å². The van der Waals surface area contributed by atoms with E-state index in [2.05, 4.69) is 60.1 Å². The van der Waals surface area contributed by atoms with E-state index < -0.39 is 0 Å². The molecule has 1 aromatic carbocycles. The molecule has 4 nitrogen and oxygen atoms in total. The molecule has 0 N–H and O–H groups in total. The first-order chi connectivity index (χ1) is 11.6. The van der Waals surface area contributed by atoms with Gasteiger partial charge in [0.25, 0.3) is 0 Å². The summed E-state index contributed by atoms with van der Waals surface area (Å²) >= 11 is 0. The summed E-state index contributed by atoms with van der Waals surface area (Å²) in [4.78, 5) is 7.02. The van der Waals surface area contributed by atoms with Crippen molar-refractivity contribution in [2.24, 2.45) is 11.8 Å². The van der Waals surface area contributed by atoms with Gasteiger partial charge in [0.15, 0.2) is 5.82 Å². The molecule has 1 fully saturated rings. The van der Waals surface area contributed by atoms with Gasteiger partial charge in [0.05, 0.1) is 6.54 Å². The number of piperidine rings is 1. The normalized spacial score (nSPS) is 19.1. The average Bonchev–Trinajstić information content (AvgIpc) is 2.96. The first-order valence-electron chi connectivity index (χ1n) is 9.18. The Kier molecular flexibility index (Phi) is 5.67. The van der Waals surface area contributed by atoms with E-state index in [1.165, 1.54) is 30.4 Å². The van der Waals surface area contributed by atoms with E-state index in [0.29, 0.717) is 5.92 Å². The van der Waals surface area contributed by atoms with Crippen molar-refractivity contribution in [1.29, 1.82) is 0 Å². The van der Waals surface area contributed by atoms with Crippen LogP contribution in [0.2, 0.25) is 0 Å². The SMILES string of the molecule is Cc1ccc(C[C@H]2CCCN(Cc3noc(CC(C)C)n3)C2)cc1. The number of rotatable bonds is 6. The minimum absolute atomic E-state index is 0.548. The van der Waals surface area contributed by atoms with E-state index in [-0.39, 0.29) is 0 Å². The van der Waals surface area contributed by atoms with Crippen molar-refractivity contribution in [2.75, 3.05) is 13.1 Å². The standard InChI is InChI=1S/C20H29N3O/c1-15(2)11-20-21-19(22-24-20)14-23-10-4-5-18(13-23)12-17-8-6-16(3)7-9-17/h6-9,15,18H,4-5,10-14H2,1-3H3/t18-/m1/s1. The Morgan fingerprint density at radius 2 is 2.04 bits per heavy atom. The molecule has 2 aromatic rings. The van der Waals surface area contributed by atoms with Crippen molar-refractivity contribution >= 4 is 0 Å². The average molecular weight is 327 g/mol. The van der Waals surface area contributed by atoms with Crippen LogP contribution in [0.15, 0.2) is 28.8 Å². The largest absolute Gasteiger partial charge is 0.339 e. The molecule has 1 saturated heterocycles. The molecule has 1 aliphatic heterocycles. The van der Waals surface area contributed by atoms with Crippen LogP contribution in [0.1, 0.15) is 49.5 Å². The van der Waals surface area contributed by atoms with Crippen LogP contribution in [0.3, 0.4) is 0 Å². The number of hydrogen-bond acceptors (Lipinski definition) is 4. The fourth-order valence-corrected chi connectivity index (χ4v) is 3.51. The zero-order valence-corrected chi connectivity index (χ0v) is 15.2. The molecule has 0 spiro atoms. The Labute approximate surface area is 145 Å². The molecule has 3 rings (SSSR count). The maximum Gasteiger partial charge on any atom is 0.226 e. The topological polar surface area (TPSA) is 42.2 Å². The highest BCUT2D eigenvalue weighted by molar-refractivity contribution is 5.21. The molecule has 0 aliphatic carbocycles. The van der Waals surface area contributed by atoms with Gasteiger partial charge in [-0.05, 0) is 50.1 Å². The van der Waals surface area contributed by atoms with Crippen molar-refractivity contribution in [3.05, 3.63) is 47.1 Å². The van der Waals surface area contributed by atoms with E-state index >= 15 is 0 Å². The molecule has 1 aliphatic rings.